The lowest BCUT2D eigenvalue weighted by Gasteiger charge is -2.29. The number of benzene rings is 1. The molecule has 0 saturated carbocycles. The summed E-state index contributed by atoms with van der Waals surface area (Å²) in [7, 11) is 1.84. The maximum Gasteiger partial charge on any atom is 0.222 e. The van der Waals surface area contributed by atoms with Crippen molar-refractivity contribution in [2.45, 2.75) is 32.7 Å². The minimum atomic E-state index is 0.183. The van der Waals surface area contributed by atoms with Crippen molar-refractivity contribution >= 4 is 29.1 Å². The van der Waals surface area contributed by atoms with E-state index >= 15 is 0 Å². The summed E-state index contributed by atoms with van der Waals surface area (Å²) in [4.78, 5) is 14.2. The van der Waals surface area contributed by atoms with Gasteiger partial charge in [-0.25, -0.2) is 0 Å². The fraction of sp³-hybridized carbons (Fsp3) is 0.588. The first-order chi connectivity index (χ1) is 10.5. The fourth-order valence-electron chi connectivity index (χ4n) is 3.08. The summed E-state index contributed by atoms with van der Waals surface area (Å²) >= 11 is 12.0. The van der Waals surface area contributed by atoms with Crippen LogP contribution in [0.2, 0.25) is 10.0 Å². The maximum atomic E-state index is 12.4. The average Bonchev–Trinajstić information content (AvgIpc) is 2.46. The lowest BCUT2D eigenvalue weighted by Crippen LogP contribution is -2.34. The Bertz CT molecular complexity index is 495. The number of rotatable bonds is 5. The van der Waals surface area contributed by atoms with Gasteiger partial charge in [0.1, 0.15) is 0 Å². The molecule has 122 valence electrons. The third-order valence-electron chi connectivity index (χ3n) is 4.45. The molecule has 0 radical (unpaired) electrons. The number of carbonyl (C=O) groups is 1. The normalized spacial score (nSPS) is 17.3. The summed E-state index contributed by atoms with van der Waals surface area (Å²) < 4.78 is 0. The van der Waals surface area contributed by atoms with E-state index < -0.39 is 0 Å². The third-order valence-corrected chi connectivity index (χ3v) is 4.89. The average molecular weight is 343 g/mol. The molecule has 1 amide bonds. The van der Waals surface area contributed by atoms with Crippen LogP contribution in [0.25, 0.3) is 0 Å². The zero-order chi connectivity index (χ0) is 16.1. The van der Waals surface area contributed by atoms with Gasteiger partial charge in [0.15, 0.2) is 0 Å². The van der Waals surface area contributed by atoms with Crippen molar-refractivity contribution in [1.82, 2.24) is 10.2 Å². The monoisotopic (exact) mass is 342 g/mol. The van der Waals surface area contributed by atoms with E-state index in [1.807, 2.05) is 19.2 Å². The summed E-state index contributed by atoms with van der Waals surface area (Å²) in [6.07, 6.45) is 2.94. The van der Waals surface area contributed by atoms with Crippen LogP contribution < -0.4 is 5.32 Å². The first-order valence-corrected chi connectivity index (χ1v) is 8.61. The van der Waals surface area contributed by atoms with Crippen molar-refractivity contribution in [3.8, 4) is 0 Å². The molecule has 0 bridgehead atoms. The second kappa shape index (κ2) is 8.19. The first kappa shape index (κ1) is 17.6. The third kappa shape index (κ3) is 5.15. The molecular weight excluding hydrogens is 319 g/mol. The lowest BCUT2D eigenvalue weighted by atomic mass is 9.84. The van der Waals surface area contributed by atoms with Crippen LogP contribution >= 0.6 is 23.2 Å². The number of halogens is 2. The van der Waals surface area contributed by atoms with E-state index in [4.69, 9.17) is 23.2 Å². The van der Waals surface area contributed by atoms with Gasteiger partial charge < -0.3 is 10.2 Å². The number of hydrogen-bond donors (Lipinski definition) is 1. The van der Waals surface area contributed by atoms with E-state index in [0.29, 0.717) is 34.8 Å². The van der Waals surface area contributed by atoms with Crippen molar-refractivity contribution in [3.05, 3.63) is 33.8 Å². The molecule has 1 N–H and O–H groups in total. The number of nitrogens with zero attached hydrogens (tertiary/aromatic N) is 1. The topological polar surface area (TPSA) is 32.3 Å². The Kier molecular flexibility index (Phi) is 6.54. The smallest absolute Gasteiger partial charge is 0.222 e. The zero-order valence-electron chi connectivity index (χ0n) is 13.2. The second-order valence-corrected chi connectivity index (χ2v) is 7.17. The molecular formula is C17H24Cl2N2O. The van der Waals surface area contributed by atoms with Crippen molar-refractivity contribution < 1.29 is 4.79 Å². The predicted octanol–water partition coefficient (Wildman–Crippen LogP) is 3.98. The highest BCUT2D eigenvalue weighted by Gasteiger charge is 2.23. The quantitative estimate of drug-likeness (QED) is 0.877. The number of carbonyl (C=O) groups excluding carboxylic acids is 1. The highest BCUT2D eigenvalue weighted by Crippen LogP contribution is 2.25. The summed E-state index contributed by atoms with van der Waals surface area (Å²) in [6, 6.07) is 5.41. The lowest BCUT2D eigenvalue weighted by molar-refractivity contribution is -0.131. The number of nitrogens with one attached hydrogen (secondary N) is 1. The highest BCUT2D eigenvalue weighted by molar-refractivity contribution is 6.34. The van der Waals surface area contributed by atoms with Crippen LogP contribution in [0.4, 0.5) is 0 Å². The Morgan fingerprint density at radius 3 is 2.45 bits per heavy atom. The molecule has 1 saturated heterocycles. The van der Waals surface area contributed by atoms with Crippen LogP contribution in [0.5, 0.6) is 0 Å². The van der Waals surface area contributed by atoms with Gasteiger partial charge in [0.05, 0.1) is 0 Å². The van der Waals surface area contributed by atoms with Crippen molar-refractivity contribution in [3.63, 3.8) is 0 Å². The van der Waals surface area contributed by atoms with Gasteiger partial charge in [-0.05, 0) is 61.5 Å². The van der Waals surface area contributed by atoms with Gasteiger partial charge in [-0.1, -0.05) is 30.1 Å². The van der Waals surface area contributed by atoms with Crippen LogP contribution in [0.15, 0.2) is 18.2 Å². The molecule has 22 heavy (non-hydrogen) atoms. The number of amides is 1. The summed E-state index contributed by atoms with van der Waals surface area (Å²) in [5, 5.41) is 4.57. The standard InChI is InChI=1S/C17H24Cl2N2O/c1-12(14-3-5-20-6-4-14)7-17(22)21(2)11-13-8-15(18)10-16(19)9-13/h8-10,12,14,20H,3-7,11H2,1-2H3. The Labute approximate surface area is 143 Å². The van der Waals surface area contributed by atoms with Crippen molar-refractivity contribution in [2.24, 2.45) is 11.8 Å². The molecule has 0 spiro atoms. The van der Waals surface area contributed by atoms with Crippen LogP contribution in [0, 0.1) is 11.8 Å². The minimum Gasteiger partial charge on any atom is -0.341 e. The molecule has 3 nitrogen and oxygen atoms in total. The van der Waals surface area contributed by atoms with Crippen LogP contribution in [-0.4, -0.2) is 30.9 Å². The summed E-state index contributed by atoms with van der Waals surface area (Å²) in [6.45, 7) is 4.87. The van der Waals surface area contributed by atoms with Gasteiger partial charge in [-0.15, -0.1) is 0 Å². The molecule has 1 fully saturated rings. The van der Waals surface area contributed by atoms with E-state index in [9.17, 15) is 4.79 Å². The van der Waals surface area contributed by atoms with Crippen molar-refractivity contribution in [1.29, 1.82) is 0 Å². The molecule has 0 aromatic heterocycles. The van der Waals surface area contributed by atoms with E-state index in [2.05, 4.69) is 12.2 Å². The molecule has 1 aromatic carbocycles. The van der Waals surface area contributed by atoms with Gasteiger partial charge >= 0.3 is 0 Å². The predicted molar refractivity (Wildman–Crippen MR) is 92.3 cm³/mol. The van der Waals surface area contributed by atoms with Crippen LogP contribution in [0.3, 0.4) is 0 Å². The first-order valence-electron chi connectivity index (χ1n) is 7.85. The molecule has 1 aliphatic heterocycles. The molecule has 0 aliphatic carbocycles. The highest BCUT2D eigenvalue weighted by atomic mass is 35.5. The Morgan fingerprint density at radius 1 is 1.27 bits per heavy atom. The largest absolute Gasteiger partial charge is 0.341 e. The zero-order valence-corrected chi connectivity index (χ0v) is 14.8. The van der Waals surface area contributed by atoms with E-state index in [1.54, 1.807) is 11.0 Å². The Hall–Kier alpha value is -0.770. The molecule has 2 rings (SSSR count). The number of hydrogen-bond acceptors (Lipinski definition) is 2. The van der Waals surface area contributed by atoms with Crippen LogP contribution in [0.1, 0.15) is 31.7 Å². The molecule has 1 unspecified atom stereocenters. The minimum absolute atomic E-state index is 0.183. The molecule has 1 heterocycles. The van der Waals surface area contributed by atoms with Gasteiger partial charge in [-0.2, -0.15) is 0 Å². The fourth-order valence-corrected chi connectivity index (χ4v) is 3.65. The SMILES string of the molecule is CC(CC(=O)N(C)Cc1cc(Cl)cc(Cl)c1)C1CCNCC1. The van der Waals surface area contributed by atoms with Gasteiger partial charge in [-0.3, -0.25) is 4.79 Å². The number of piperidine rings is 1. The van der Waals surface area contributed by atoms with Gasteiger partial charge in [0.25, 0.3) is 0 Å². The molecule has 1 atom stereocenters. The summed E-state index contributed by atoms with van der Waals surface area (Å²) in [5.41, 5.74) is 0.961. The maximum absolute atomic E-state index is 12.4. The van der Waals surface area contributed by atoms with Gasteiger partial charge in [0.2, 0.25) is 5.91 Å². The van der Waals surface area contributed by atoms with Gasteiger partial charge in [0, 0.05) is 30.1 Å². The van der Waals surface area contributed by atoms with E-state index in [-0.39, 0.29) is 5.91 Å². The molecule has 1 aromatic rings. The molecule has 5 heteroatoms. The van der Waals surface area contributed by atoms with E-state index in [1.165, 1.54) is 12.8 Å². The Morgan fingerprint density at radius 2 is 1.86 bits per heavy atom. The second-order valence-electron chi connectivity index (χ2n) is 6.30. The molecule has 1 aliphatic rings. The Balaban J connectivity index is 1.88. The van der Waals surface area contributed by atoms with Crippen LogP contribution in [-0.2, 0) is 11.3 Å². The summed E-state index contributed by atoms with van der Waals surface area (Å²) in [5.74, 6) is 1.27. The van der Waals surface area contributed by atoms with E-state index in [0.717, 1.165) is 18.7 Å². The van der Waals surface area contributed by atoms with Crippen molar-refractivity contribution in [2.75, 3.05) is 20.1 Å².